The zero-order chi connectivity index (χ0) is 33.3. The Bertz CT molecular complexity index is 1700. The van der Waals surface area contributed by atoms with E-state index in [1.807, 2.05) is 66.7 Å². The van der Waals surface area contributed by atoms with Crippen LogP contribution in [-0.4, -0.2) is 83.0 Å². The number of anilines is 1. The number of ether oxygens (including phenoxy) is 3. The molecule has 1 unspecified atom stereocenters. The van der Waals surface area contributed by atoms with E-state index in [0.29, 0.717) is 26.1 Å². The Balaban J connectivity index is 1.12. The molecule has 2 saturated heterocycles. The molecule has 0 N–H and O–H groups in total. The molecule has 47 heavy (non-hydrogen) atoms. The third kappa shape index (κ3) is 7.16. The Kier molecular flexibility index (Phi) is 9.03. The molecule has 6 rings (SSSR count). The molecule has 4 aromatic rings. The number of rotatable bonds is 8. The molecule has 0 spiro atoms. The van der Waals surface area contributed by atoms with Crippen LogP contribution in [0.1, 0.15) is 52.6 Å². The first-order valence-corrected chi connectivity index (χ1v) is 16.4. The summed E-state index contributed by atoms with van der Waals surface area (Å²) >= 11 is 0. The Morgan fingerprint density at radius 1 is 0.936 bits per heavy atom. The van der Waals surface area contributed by atoms with Crippen LogP contribution in [0.25, 0.3) is 16.6 Å². The number of carbonyl (C=O) groups excluding carboxylic acids is 2. The van der Waals surface area contributed by atoms with Crippen molar-refractivity contribution < 1.29 is 23.8 Å². The molecule has 10 nitrogen and oxygen atoms in total. The molecule has 0 saturated carbocycles. The fourth-order valence-electron chi connectivity index (χ4n) is 6.40. The minimum absolute atomic E-state index is 0.0349. The number of aromatic nitrogens is 2. The molecule has 0 aliphatic carbocycles. The van der Waals surface area contributed by atoms with Crippen LogP contribution in [0.3, 0.4) is 0 Å². The number of benzene rings is 2. The molecular formula is C37H45N5O5. The van der Waals surface area contributed by atoms with E-state index in [2.05, 4.69) is 54.2 Å². The van der Waals surface area contributed by atoms with Gasteiger partial charge in [-0.05, 0) is 82.1 Å². The van der Waals surface area contributed by atoms with Crippen molar-refractivity contribution in [3.05, 3.63) is 78.6 Å². The summed E-state index contributed by atoms with van der Waals surface area (Å²) in [7, 11) is 1.65. The molecule has 4 heterocycles. The lowest BCUT2D eigenvalue weighted by Gasteiger charge is -2.36. The maximum atomic E-state index is 13.1. The Labute approximate surface area is 276 Å². The van der Waals surface area contributed by atoms with Gasteiger partial charge in [-0.3, -0.25) is 4.79 Å². The third-order valence-corrected chi connectivity index (χ3v) is 9.20. The van der Waals surface area contributed by atoms with Gasteiger partial charge in [-0.15, -0.1) is 0 Å². The standard InChI is InChI=1S/C37H45N5O5/c1-25(27-9-13-32(45-6)14-10-27)41-23-29(22-35(41)43)26(2)46-34-21-30(24-42-33(34)15-16-38-42)28-7-11-31(12-8-28)39-17-19-40(20-18-39)36(44)47-37(3,4)5/h7-16,21,24-26,29H,17-20,22-23H2,1-6H3/t25-,26-,29?/m1/s1. The smallest absolute Gasteiger partial charge is 0.410 e. The first-order chi connectivity index (χ1) is 22.5. The summed E-state index contributed by atoms with van der Waals surface area (Å²) in [4.78, 5) is 31.6. The highest BCUT2D eigenvalue weighted by atomic mass is 16.6. The molecule has 3 atom stereocenters. The molecule has 248 valence electrons. The largest absolute Gasteiger partial charge is 0.497 e. The number of methoxy groups -OCH3 is 1. The first kappa shape index (κ1) is 32.2. The monoisotopic (exact) mass is 639 g/mol. The average molecular weight is 640 g/mol. The lowest BCUT2D eigenvalue weighted by Crippen LogP contribution is -2.50. The minimum atomic E-state index is -0.500. The number of fused-ring (bicyclic) bond motifs is 1. The van der Waals surface area contributed by atoms with E-state index < -0.39 is 5.60 Å². The molecule has 0 radical (unpaired) electrons. The van der Waals surface area contributed by atoms with Crippen molar-refractivity contribution in [2.45, 2.75) is 58.8 Å². The number of amides is 2. The summed E-state index contributed by atoms with van der Waals surface area (Å²) in [5.41, 5.74) is 4.61. The fourth-order valence-corrected chi connectivity index (χ4v) is 6.40. The van der Waals surface area contributed by atoms with Crippen molar-refractivity contribution in [2.75, 3.05) is 44.7 Å². The predicted molar refractivity (Wildman–Crippen MR) is 182 cm³/mol. The second-order valence-corrected chi connectivity index (χ2v) is 13.5. The summed E-state index contributed by atoms with van der Waals surface area (Å²) in [6.45, 7) is 13.2. The summed E-state index contributed by atoms with van der Waals surface area (Å²) in [6, 6.07) is 20.4. The van der Waals surface area contributed by atoms with Crippen LogP contribution in [0.4, 0.5) is 10.5 Å². The van der Waals surface area contributed by atoms with E-state index in [-0.39, 0.29) is 30.1 Å². The summed E-state index contributed by atoms with van der Waals surface area (Å²) in [5.74, 6) is 1.74. The maximum Gasteiger partial charge on any atom is 0.410 e. The minimum Gasteiger partial charge on any atom is -0.497 e. The second-order valence-electron chi connectivity index (χ2n) is 13.5. The van der Waals surface area contributed by atoms with Gasteiger partial charge in [0, 0.05) is 62.5 Å². The number of hydrogen-bond donors (Lipinski definition) is 0. The molecule has 0 bridgehead atoms. The molecule has 10 heteroatoms. The SMILES string of the molecule is COc1ccc([C@@H](C)N2CC([C@@H](C)Oc3cc(-c4ccc(N5CCN(C(=O)OC(C)(C)C)CC5)cc4)cn4nccc34)CC2=O)cc1. The topological polar surface area (TPSA) is 88.8 Å². The quantitative estimate of drug-likeness (QED) is 0.219. The Hall–Kier alpha value is -4.73. The van der Waals surface area contributed by atoms with E-state index in [4.69, 9.17) is 14.2 Å². The number of pyridine rings is 1. The molecule has 2 fully saturated rings. The third-order valence-electron chi connectivity index (χ3n) is 9.20. The van der Waals surface area contributed by atoms with Gasteiger partial charge in [-0.25, -0.2) is 9.31 Å². The van der Waals surface area contributed by atoms with Crippen molar-refractivity contribution in [3.63, 3.8) is 0 Å². The maximum absolute atomic E-state index is 13.1. The van der Waals surface area contributed by atoms with Crippen molar-refractivity contribution in [1.29, 1.82) is 0 Å². The van der Waals surface area contributed by atoms with Crippen LogP contribution in [0.2, 0.25) is 0 Å². The van der Waals surface area contributed by atoms with Gasteiger partial charge in [0.25, 0.3) is 0 Å². The molecule has 2 amide bonds. The summed E-state index contributed by atoms with van der Waals surface area (Å²) in [5, 5.41) is 4.51. The summed E-state index contributed by atoms with van der Waals surface area (Å²) < 4.78 is 19.3. The van der Waals surface area contributed by atoms with Crippen LogP contribution in [0.5, 0.6) is 11.5 Å². The first-order valence-electron chi connectivity index (χ1n) is 16.4. The normalized spacial score (nSPS) is 18.4. The van der Waals surface area contributed by atoms with E-state index in [1.54, 1.807) is 18.2 Å². The highest BCUT2D eigenvalue weighted by molar-refractivity contribution is 5.79. The molecule has 2 aliphatic heterocycles. The van der Waals surface area contributed by atoms with Crippen molar-refractivity contribution in [2.24, 2.45) is 5.92 Å². The molecular weight excluding hydrogens is 594 g/mol. The number of likely N-dealkylation sites (tertiary alicyclic amines) is 1. The molecule has 2 aromatic carbocycles. The van der Waals surface area contributed by atoms with Gasteiger partial charge in [-0.1, -0.05) is 24.3 Å². The molecule has 2 aliphatic rings. The fraction of sp³-hybridized carbons (Fsp3) is 0.432. The molecule has 2 aromatic heterocycles. The van der Waals surface area contributed by atoms with E-state index in [1.165, 1.54) is 0 Å². The van der Waals surface area contributed by atoms with Crippen LogP contribution in [0, 0.1) is 5.92 Å². The second kappa shape index (κ2) is 13.2. The zero-order valence-electron chi connectivity index (χ0n) is 28.2. The highest BCUT2D eigenvalue weighted by Crippen LogP contribution is 2.35. The van der Waals surface area contributed by atoms with Crippen molar-refractivity contribution in [3.8, 4) is 22.6 Å². The zero-order valence-corrected chi connectivity index (χ0v) is 28.2. The van der Waals surface area contributed by atoms with Gasteiger partial charge in [0.15, 0.2) is 0 Å². The summed E-state index contributed by atoms with van der Waals surface area (Å²) in [6.07, 6.45) is 3.80. The van der Waals surface area contributed by atoms with E-state index in [9.17, 15) is 9.59 Å². The Morgan fingerprint density at radius 3 is 2.30 bits per heavy atom. The number of nitrogens with zero attached hydrogens (tertiary/aromatic N) is 5. The highest BCUT2D eigenvalue weighted by Gasteiger charge is 2.37. The lowest BCUT2D eigenvalue weighted by molar-refractivity contribution is -0.129. The van der Waals surface area contributed by atoms with Gasteiger partial charge >= 0.3 is 6.09 Å². The van der Waals surface area contributed by atoms with E-state index in [0.717, 1.165) is 52.5 Å². The predicted octanol–water partition coefficient (Wildman–Crippen LogP) is 6.44. The van der Waals surface area contributed by atoms with Crippen LogP contribution < -0.4 is 14.4 Å². The van der Waals surface area contributed by atoms with Crippen molar-refractivity contribution in [1.82, 2.24) is 19.4 Å². The van der Waals surface area contributed by atoms with Gasteiger partial charge in [0.1, 0.15) is 28.7 Å². The number of carbonyl (C=O) groups is 2. The number of hydrogen-bond acceptors (Lipinski definition) is 7. The van der Waals surface area contributed by atoms with Crippen LogP contribution in [-0.2, 0) is 9.53 Å². The van der Waals surface area contributed by atoms with Gasteiger partial charge in [0.05, 0.1) is 19.3 Å². The van der Waals surface area contributed by atoms with Gasteiger partial charge in [-0.2, -0.15) is 5.10 Å². The van der Waals surface area contributed by atoms with Crippen LogP contribution in [0.15, 0.2) is 73.1 Å². The van der Waals surface area contributed by atoms with Gasteiger partial charge in [0.2, 0.25) is 5.91 Å². The Morgan fingerprint density at radius 2 is 1.64 bits per heavy atom. The van der Waals surface area contributed by atoms with Crippen LogP contribution >= 0.6 is 0 Å². The van der Waals surface area contributed by atoms with Crippen molar-refractivity contribution >= 4 is 23.2 Å². The lowest BCUT2D eigenvalue weighted by atomic mass is 10.0. The average Bonchev–Trinajstić information content (AvgIpc) is 3.71. The van der Waals surface area contributed by atoms with Gasteiger partial charge < -0.3 is 28.9 Å². The number of piperazine rings is 1. The van der Waals surface area contributed by atoms with E-state index >= 15 is 0 Å².